The third-order valence-electron chi connectivity index (χ3n) is 2.89. The van der Waals surface area contributed by atoms with Crippen LogP contribution in [0.15, 0.2) is 48.0 Å². The van der Waals surface area contributed by atoms with Crippen LogP contribution in [0.1, 0.15) is 17.8 Å². The van der Waals surface area contributed by atoms with Crippen molar-refractivity contribution in [2.45, 2.75) is 13.0 Å². The predicted octanol–water partition coefficient (Wildman–Crippen LogP) is 3.86. The Morgan fingerprint density at radius 3 is 2.89 bits per heavy atom. The van der Waals surface area contributed by atoms with Gasteiger partial charge in [-0.15, -0.1) is 11.3 Å². The van der Waals surface area contributed by atoms with E-state index < -0.39 is 0 Å². The van der Waals surface area contributed by atoms with Gasteiger partial charge in [-0.3, -0.25) is 0 Å². The molecule has 0 bridgehead atoms. The number of nitrogens with one attached hydrogen (secondary N) is 1. The zero-order valence-electron chi connectivity index (χ0n) is 10.00. The summed E-state index contributed by atoms with van der Waals surface area (Å²) < 4.78 is 0. The van der Waals surface area contributed by atoms with E-state index in [0.717, 1.165) is 16.6 Å². The van der Waals surface area contributed by atoms with Crippen molar-refractivity contribution >= 4 is 27.9 Å². The number of nitrogens with zero attached hydrogens (tertiary/aromatic N) is 2. The van der Waals surface area contributed by atoms with E-state index in [1.54, 1.807) is 17.5 Å². The Hall–Kier alpha value is -1.94. The van der Waals surface area contributed by atoms with Gasteiger partial charge < -0.3 is 5.32 Å². The number of hydrogen-bond acceptors (Lipinski definition) is 4. The second kappa shape index (κ2) is 4.74. The fourth-order valence-corrected chi connectivity index (χ4v) is 2.70. The molecule has 1 atom stereocenters. The Kier molecular flexibility index (Phi) is 2.94. The van der Waals surface area contributed by atoms with Crippen molar-refractivity contribution in [1.82, 2.24) is 10.2 Å². The molecule has 0 amide bonds. The van der Waals surface area contributed by atoms with Gasteiger partial charge in [-0.05, 0) is 24.4 Å². The second-order valence-corrected chi connectivity index (χ2v) is 5.14. The van der Waals surface area contributed by atoms with Crippen molar-refractivity contribution in [1.29, 1.82) is 0 Å². The first kappa shape index (κ1) is 11.2. The molecular formula is C14H13N3S. The summed E-state index contributed by atoms with van der Waals surface area (Å²) in [4.78, 5) is 1.32. The topological polar surface area (TPSA) is 37.8 Å². The van der Waals surface area contributed by atoms with Crippen LogP contribution in [0.4, 0.5) is 5.69 Å². The van der Waals surface area contributed by atoms with E-state index in [9.17, 15) is 0 Å². The van der Waals surface area contributed by atoms with Crippen LogP contribution in [0.2, 0.25) is 0 Å². The quantitative estimate of drug-likeness (QED) is 0.772. The number of thiophene rings is 1. The Morgan fingerprint density at radius 2 is 2.06 bits per heavy atom. The van der Waals surface area contributed by atoms with Crippen molar-refractivity contribution in [3.63, 3.8) is 0 Å². The van der Waals surface area contributed by atoms with Crippen molar-refractivity contribution in [3.05, 3.63) is 52.9 Å². The average molecular weight is 255 g/mol. The lowest BCUT2D eigenvalue weighted by Crippen LogP contribution is -2.06. The summed E-state index contributed by atoms with van der Waals surface area (Å²) in [6, 6.07) is 12.5. The maximum atomic E-state index is 4.12. The van der Waals surface area contributed by atoms with Gasteiger partial charge in [0.25, 0.3) is 0 Å². The lowest BCUT2D eigenvalue weighted by Gasteiger charge is -2.14. The molecular weight excluding hydrogens is 242 g/mol. The highest BCUT2D eigenvalue weighted by atomic mass is 32.1. The highest BCUT2D eigenvalue weighted by Crippen LogP contribution is 2.26. The Labute approximate surface area is 109 Å². The molecule has 0 radical (unpaired) electrons. The maximum absolute atomic E-state index is 4.12. The molecule has 1 unspecified atom stereocenters. The van der Waals surface area contributed by atoms with Crippen molar-refractivity contribution in [2.75, 3.05) is 5.32 Å². The number of fused-ring (bicyclic) bond motifs is 1. The van der Waals surface area contributed by atoms with Gasteiger partial charge >= 0.3 is 0 Å². The molecule has 3 rings (SSSR count). The molecule has 0 fully saturated rings. The molecule has 4 heteroatoms. The van der Waals surface area contributed by atoms with Crippen LogP contribution in [-0.2, 0) is 0 Å². The summed E-state index contributed by atoms with van der Waals surface area (Å²) in [7, 11) is 0. The van der Waals surface area contributed by atoms with Gasteiger partial charge in [0, 0.05) is 10.3 Å². The molecule has 0 saturated carbocycles. The molecule has 3 aromatic rings. The van der Waals surface area contributed by atoms with Gasteiger partial charge in [-0.25, -0.2) is 0 Å². The summed E-state index contributed by atoms with van der Waals surface area (Å²) in [5.74, 6) is 0. The van der Waals surface area contributed by atoms with E-state index in [4.69, 9.17) is 0 Å². The molecule has 0 aliphatic carbocycles. The lowest BCUT2D eigenvalue weighted by atomic mass is 10.2. The van der Waals surface area contributed by atoms with Crippen LogP contribution < -0.4 is 5.32 Å². The molecule has 0 spiro atoms. The monoisotopic (exact) mass is 255 g/mol. The summed E-state index contributed by atoms with van der Waals surface area (Å²) in [5.41, 5.74) is 1.95. The van der Waals surface area contributed by atoms with Gasteiger partial charge in [0.2, 0.25) is 0 Å². The van der Waals surface area contributed by atoms with Crippen LogP contribution in [-0.4, -0.2) is 10.2 Å². The molecule has 0 saturated heterocycles. The first-order valence-electron chi connectivity index (χ1n) is 5.85. The first-order chi connectivity index (χ1) is 8.84. The number of rotatable bonds is 3. The molecule has 0 aliphatic rings. The van der Waals surface area contributed by atoms with E-state index in [1.165, 1.54) is 4.88 Å². The third-order valence-corrected chi connectivity index (χ3v) is 3.94. The highest BCUT2D eigenvalue weighted by Gasteiger charge is 2.08. The largest absolute Gasteiger partial charge is 0.376 e. The van der Waals surface area contributed by atoms with Gasteiger partial charge in [-0.1, -0.05) is 24.3 Å². The highest BCUT2D eigenvalue weighted by molar-refractivity contribution is 7.10. The minimum Gasteiger partial charge on any atom is -0.376 e. The Balaban J connectivity index is 1.95. The van der Waals surface area contributed by atoms with Crippen LogP contribution in [0.25, 0.3) is 10.9 Å². The second-order valence-electron chi connectivity index (χ2n) is 4.16. The van der Waals surface area contributed by atoms with E-state index in [1.807, 2.05) is 18.2 Å². The number of hydrogen-bond donors (Lipinski definition) is 1. The predicted molar refractivity (Wildman–Crippen MR) is 75.9 cm³/mol. The number of aromatic nitrogens is 2. The van der Waals surface area contributed by atoms with E-state index in [0.29, 0.717) is 0 Å². The SMILES string of the molecule is CC(Nc1cnnc2ccccc12)c1cccs1. The fraction of sp³-hybridized carbons (Fsp3) is 0.143. The standard InChI is InChI=1S/C14H13N3S/c1-10(14-7-4-8-18-14)16-13-9-15-17-12-6-3-2-5-11(12)13/h2-10H,1H3,(H,16,17). The van der Waals surface area contributed by atoms with Gasteiger partial charge in [0.1, 0.15) is 0 Å². The van der Waals surface area contributed by atoms with Crippen LogP contribution in [0.5, 0.6) is 0 Å². The van der Waals surface area contributed by atoms with Crippen LogP contribution in [0.3, 0.4) is 0 Å². The molecule has 2 heterocycles. The normalized spacial score (nSPS) is 12.5. The minimum absolute atomic E-state index is 0.276. The summed E-state index contributed by atoms with van der Waals surface area (Å²) in [5, 5.41) is 14.9. The minimum atomic E-state index is 0.276. The summed E-state index contributed by atoms with van der Waals surface area (Å²) in [6.07, 6.45) is 1.78. The molecule has 3 nitrogen and oxygen atoms in total. The van der Waals surface area contributed by atoms with E-state index in [-0.39, 0.29) is 6.04 Å². The van der Waals surface area contributed by atoms with E-state index >= 15 is 0 Å². The third kappa shape index (κ3) is 2.07. The molecule has 2 aromatic heterocycles. The van der Waals surface area contributed by atoms with Crippen molar-refractivity contribution in [2.24, 2.45) is 0 Å². The first-order valence-corrected chi connectivity index (χ1v) is 6.73. The van der Waals surface area contributed by atoms with Crippen molar-refractivity contribution < 1.29 is 0 Å². The smallest absolute Gasteiger partial charge is 0.0950 e. The van der Waals surface area contributed by atoms with Gasteiger partial charge in [-0.2, -0.15) is 10.2 Å². The zero-order chi connectivity index (χ0) is 12.4. The summed E-state index contributed by atoms with van der Waals surface area (Å²) in [6.45, 7) is 2.15. The van der Waals surface area contributed by atoms with Crippen molar-refractivity contribution in [3.8, 4) is 0 Å². The molecule has 1 aromatic carbocycles. The number of benzene rings is 1. The molecule has 0 aliphatic heterocycles. The lowest BCUT2D eigenvalue weighted by molar-refractivity contribution is 0.905. The van der Waals surface area contributed by atoms with E-state index in [2.05, 4.69) is 46.0 Å². The molecule has 90 valence electrons. The zero-order valence-corrected chi connectivity index (χ0v) is 10.8. The van der Waals surface area contributed by atoms with Gasteiger partial charge in [0.15, 0.2) is 0 Å². The Bertz CT molecular complexity index is 644. The maximum Gasteiger partial charge on any atom is 0.0950 e. The van der Waals surface area contributed by atoms with Gasteiger partial charge in [0.05, 0.1) is 23.4 Å². The molecule has 1 N–H and O–H groups in total. The fourth-order valence-electron chi connectivity index (χ4n) is 1.96. The average Bonchev–Trinajstić information content (AvgIpc) is 2.93. The molecule has 18 heavy (non-hydrogen) atoms. The Morgan fingerprint density at radius 1 is 1.17 bits per heavy atom. The number of anilines is 1. The van der Waals surface area contributed by atoms with Crippen LogP contribution >= 0.6 is 11.3 Å². The summed E-state index contributed by atoms with van der Waals surface area (Å²) >= 11 is 1.76. The van der Waals surface area contributed by atoms with Crippen LogP contribution in [0, 0.1) is 0 Å².